The third kappa shape index (κ3) is 6.87. The lowest BCUT2D eigenvalue weighted by atomic mass is 10.1. The highest BCUT2D eigenvalue weighted by molar-refractivity contribution is 5.53. The molecule has 0 saturated heterocycles. The van der Waals surface area contributed by atoms with Crippen molar-refractivity contribution in [2.45, 2.75) is 19.8 Å². The third-order valence-electron chi connectivity index (χ3n) is 3.05. The van der Waals surface area contributed by atoms with Gasteiger partial charge in [-0.15, -0.1) is 5.11 Å². The van der Waals surface area contributed by atoms with Gasteiger partial charge in [0.05, 0.1) is 5.69 Å². The van der Waals surface area contributed by atoms with E-state index in [4.69, 9.17) is 15.3 Å². The number of phenolic OH excluding ortho intramolecular Hbond substituents is 1. The quantitative estimate of drug-likeness (QED) is 0.610. The fourth-order valence-electron chi connectivity index (χ4n) is 1.90. The molecule has 0 aliphatic rings. The Balaban J connectivity index is 0.000000891. The average molecular weight is 332 g/mol. The number of rotatable bonds is 6. The van der Waals surface area contributed by atoms with Gasteiger partial charge in [-0.25, -0.2) is 0 Å². The van der Waals surface area contributed by atoms with E-state index in [2.05, 4.69) is 10.2 Å². The highest BCUT2D eigenvalue weighted by Crippen LogP contribution is 2.29. The Morgan fingerprint density at radius 1 is 0.792 bits per heavy atom. The van der Waals surface area contributed by atoms with Crippen molar-refractivity contribution >= 4 is 11.4 Å². The SMILES string of the molecule is CCO.OCCc1ccc(N=Nc2cc(CCO)ccc2O)cc1. The van der Waals surface area contributed by atoms with E-state index in [-0.39, 0.29) is 25.6 Å². The lowest BCUT2D eigenvalue weighted by Gasteiger charge is -2.02. The minimum absolute atomic E-state index is 0.0493. The standard InChI is InChI=1S/C16H18N2O3.C2H6O/c19-9-7-12-1-4-14(5-2-12)17-18-15-11-13(8-10-20)3-6-16(15)21;1-2-3/h1-6,11,19-21H,7-10H2;3H,2H2,1H3. The molecule has 6 nitrogen and oxygen atoms in total. The molecule has 0 spiro atoms. The Morgan fingerprint density at radius 2 is 1.33 bits per heavy atom. The highest BCUT2D eigenvalue weighted by Gasteiger charge is 2.02. The van der Waals surface area contributed by atoms with Gasteiger partial charge < -0.3 is 20.4 Å². The summed E-state index contributed by atoms with van der Waals surface area (Å²) < 4.78 is 0. The van der Waals surface area contributed by atoms with Gasteiger partial charge >= 0.3 is 0 Å². The number of nitrogens with zero attached hydrogens (tertiary/aromatic N) is 2. The maximum atomic E-state index is 9.75. The van der Waals surface area contributed by atoms with Gasteiger partial charge in [-0.05, 0) is 55.2 Å². The Hall–Kier alpha value is -2.28. The molecule has 0 aliphatic carbocycles. The van der Waals surface area contributed by atoms with E-state index in [1.54, 1.807) is 25.1 Å². The molecule has 2 rings (SSSR count). The summed E-state index contributed by atoms with van der Waals surface area (Å²) in [5.74, 6) is 0.0531. The number of azo groups is 1. The molecular weight excluding hydrogens is 308 g/mol. The summed E-state index contributed by atoms with van der Waals surface area (Å²) in [7, 11) is 0. The van der Waals surface area contributed by atoms with E-state index in [1.807, 2.05) is 24.3 Å². The summed E-state index contributed by atoms with van der Waals surface area (Å²) in [6.45, 7) is 2.10. The normalized spacial score (nSPS) is 10.5. The number of aromatic hydroxyl groups is 1. The predicted molar refractivity (Wildman–Crippen MR) is 93.1 cm³/mol. The Labute approximate surface area is 141 Å². The average Bonchev–Trinajstić information content (AvgIpc) is 2.58. The van der Waals surface area contributed by atoms with Gasteiger partial charge in [-0.1, -0.05) is 18.2 Å². The van der Waals surface area contributed by atoms with Crippen molar-refractivity contribution in [2.24, 2.45) is 10.2 Å². The molecule has 2 aromatic rings. The van der Waals surface area contributed by atoms with Crippen LogP contribution in [0.15, 0.2) is 52.7 Å². The van der Waals surface area contributed by atoms with Gasteiger partial charge in [0.2, 0.25) is 0 Å². The fourth-order valence-corrected chi connectivity index (χ4v) is 1.90. The summed E-state index contributed by atoms with van der Waals surface area (Å²) >= 11 is 0. The van der Waals surface area contributed by atoms with Gasteiger partial charge in [0, 0.05) is 19.8 Å². The van der Waals surface area contributed by atoms with Crippen molar-refractivity contribution in [1.29, 1.82) is 0 Å². The van der Waals surface area contributed by atoms with Gasteiger partial charge in [0.1, 0.15) is 11.4 Å². The molecule has 24 heavy (non-hydrogen) atoms. The minimum Gasteiger partial charge on any atom is -0.506 e. The van der Waals surface area contributed by atoms with E-state index >= 15 is 0 Å². The summed E-state index contributed by atoms with van der Waals surface area (Å²) in [6, 6.07) is 12.4. The molecule has 0 aliphatic heterocycles. The molecule has 0 saturated carbocycles. The first kappa shape index (κ1) is 19.8. The van der Waals surface area contributed by atoms with Crippen molar-refractivity contribution in [2.75, 3.05) is 19.8 Å². The van der Waals surface area contributed by atoms with Crippen molar-refractivity contribution in [3.63, 3.8) is 0 Å². The first-order valence-electron chi connectivity index (χ1n) is 7.79. The molecule has 0 amide bonds. The molecule has 0 heterocycles. The van der Waals surface area contributed by atoms with E-state index in [0.29, 0.717) is 24.2 Å². The van der Waals surface area contributed by atoms with Gasteiger partial charge in [0.15, 0.2) is 0 Å². The van der Waals surface area contributed by atoms with Crippen molar-refractivity contribution in [3.05, 3.63) is 53.6 Å². The van der Waals surface area contributed by atoms with Crippen LogP contribution in [0.25, 0.3) is 0 Å². The molecule has 0 aromatic heterocycles. The lowest BCUT2D eigenvalue weighted by molar-refractivity contribution is 0.299. The predicted octanol–water partition coefficient (Wildman–Crippen LogP) is 2.88. The molecule has 0 unspecified atom stereocenters. The molecule has 0 bridgehead atoms. The zero-order valence-corrected chi connectivity index (χ0v) is 13.8. The van der Waals surface area contributed by atoms with Crippen LogP contribution in [0.1, 0.15) is 18.1 Å². The minimum atomic E-state index is 0.0493. The number of aliphatic hydroxyl groups excluding tert-OH is 3. The van der Waals surface area contributed by atoms with Crippen LogP contribution in [-0.2, 0) is 12.8 Å². The third-order valence-corrected chi connectivity index (χ3v) is 3.05. The van der Waals surface area contributed by atoms with Crippen LogP contribution >= 0.6 is 0 Å². The lowest BCUT2D eigenvalue weighted by Crippen LogP contribution is -1.89. The van der Waals surface area contributed by atoms with Crippen LogP contribution in [0.3, 0.4) is 0 Å². The second-order valence-electron chi connectivity index (χ2n) is 4.95. The smallest absolute Gasteiger partial charge is 0.143 e. The van der Waals surface area contributed by atoms with Crippen LogP contribution in [0.5, 0.6) is 5.75 Å². The summed E-state index contributed by atoms with van der Waals surface area (Å²) in [6.07, 6.45) is 1.13. The summed E-state index contributed by atoms with van der Waals surface area (Å²) in [5, 5.41) is 43.2. The van der Waals surface area contributed by atoms with Gasteiger partial charge in [-0.3, -0.25) is 0 Å². The van der Waals surface area contributed by atoms with E-state index in [9.17, 15) is 5.11 Å². The summed E-state index contributed by atoms with van der Waals surface area (Å²) in [4.78, 5) is 0. The van der Waals surface area contributed by atoms with E-state index in [1.165, 1.54) is 0 Å². The fraction of sp³-hybridized carbons (Fsp3) is 0.333. The Morgan fingerprint density at radius 3 is 1.92 bits per heavy atom. The largest absolute Gasteiger partial charge is 0.506 e. The highest BCUT2D eigenvalue weighted by atomic mass is 16.3. The number of hydrogen-bond acceptors (Lipinski definition) is 6. The first-order valence-corrected chi connectivity index (χ1v) is 7.79. The van der Waals surface area contributed by atoms with E-state index in [0.717, 1.165) is 11.1 Å². The molecule has 0 radical (unpaired) electrons. The van der Waals surface area contributed by atoms with Crippen molar-refractivity contribution in [3.8, 4) is 5.75 Å². The molecule has 130 valence electrons. The molecule has 4 N–H and O–H groups in total. The monoisotopic (exact) mass is 332 g/mol. The van der Waals surface area contributed by atoms with E-state index < -0.39 is 0 Å². The van der Waals surface area contributed by atoms with Gasteiger partial charge in [0.25, 0.3) is 0 Å². The molecule has 0 atom stereocenters. The number of hydrogen-bond donors (Lipinski definition) is 4. The first-order chi connectivity index (χ1) is 11.6. The number of benzene rings is 2. The van der Waals surface area contributed by atoms with Crippen LogP contribution in [0.2, 0.25) is 0 Å². The second-order valence-corrected chi connectivity index (χ2v) is 4.95. The van der Waals surface area contributed by atoms with Crippen LogP contribution < -0.4 is 0 Å². The number of aliphatic hydroxyl groups is 3. The topological polar surface area (TPSA) is 106 Å². The maximum Gasteiger partial charge on any atom is 0.143 e. The zero-order chi connectivity index (χ0) is 17.8. The van der Waals surface area contributed by atoms with Crippen molar-refractivity contribution < 1.29 is 20.4 Å². The zero-order valence-electron chi connectivity index (χ0n) is 13.8. The van der Waals surface area contributed by atoms with Crippen LogP contribution in [0, 0.1) is 0 Å². The van der Waals surface area contributed by atoms with Crippen LogP contribution in [0.4, 0.5) is 11.4 Å². The van der Waals surface area contributed by atoms with Crippen molar-refractivity contribution in [1.82, 2.24) is 0 Å². The summed E-state index contributed by atoms with van der Waals surface area (Å²) in [5.41, 5.74) is 2.97. The van der Waals surface area contributed by atoms with Gasteiger partial charge in [-0.2, -0.15) is 5.11 Å². The second kappa shape index (κ2) is 11.3. The maximum absolute atomic E-state index is 9.75. The number of phenols is 1. The Bertz CT molecular complexity index is 627. The molecule has 0 fully saturated rings. The molecule has 2 aromatic carbocycles. The van der Waals surface area contributed by atoms with Crippen LogP contribution in [-0.4, -0.2) is 40.2 Å². The molecule has 6 heteroatoms. The molecular formula is C18H24N2O4. The Kier molecular flexibility index (Phi) is 9.29.